The molecule has 0 aromatic heterocycles. The maximum absolute atomic E-state index is 9.55. The van der Waals surface area contributed by atoms with Gasteiger partial charge in [0.25, 0.3) is 0 Å². The van der Waals surface area contributed by atoms with E-state index in [1.807, 2.05) is 13.8 Å². The van der Waals surface area contributed by atoms with Crippen molar-refractivity contribution in [2.45, 2.75) is 51.6 Å². The van der Waals surface area contributed by atoms with Crippen LogP contribution in [0.2, 0.25) is 0 Å². The Labute approximate surface area is 99.4 Å². The molecule has 0 saturated heterocycles. The Balaban J connectivity index is 2.15. The molecule has 3 nitrogen and oxygen atoms in total. The topological polar surface area (TPSA) is 55.5 Å². The molecule has 3 heteroatoms. The second kappa shape index (κ2) is 6.58. The van der Waals surface area contributed by atoms with E-state index in [4.69, 9.17) is 10.5 Å². The SMILES string of the molecule is CC(C)(O)CCOCC1CCCCC1CN. The van der Waals surface area contributed by atoms with Crippen molar-refractivity contribution in [3.05, 3.63) is 0 Å². The zero-order valence-electron chi connectivity index (χ0n) is 10.7. The summed E-state index contributed by atoms with van der Waals surface area (Å²) < 4.78 is 5.67. The second-order valence-corrected chi connectivity index (χ2v) is 5.68. The van der Waals surface area contributed by atoms with Gasteiger partial charge < -0.3 is 15.6 Å². The fourth-order valence-corrected chi connectivity index (χ4v) is 2.37. The van der Waals surface area contributed by atoms with Crippen molar-refractivity contribution in [2.24, 2.45) is 17.6 Å². The van der Waals surface area contributed by atoms with Gasteiger partial charge >= 0.3 is 0 Å². The first-order chi connectivity index (χ1) is 7.53. The maximum atomic E-state index is 9.55. The summed E-state index contributed by atoms with van der Waals surface area (Å²) in [7, 11) is 0. The molecule has 1 saturated carbocycles. The van der Waals surface area contributed by atoms with Crippen LogP contribution in [0, 0.1) is 11.8 Å². The highest BCUT2D eigenvalue weighted by Gasteiger charge is 2.24. The summed E-state index contributed by atoms with van der Waals surface area (Å²) in [4.78, 5) is 0. The van der Waals surface area contributed by atoms with E-state index in [0.717, 1.165) is 13.2 Å². The Hall–Kier alpha value is -0.120. The molecular weight excluding hydrogens is 202 g/mol. The van der Waals surface area contributed by atoms with Crippen LogP contribution in [0.1, 0.15) is 46.0 Å². The summed E-state index contributed by atoms with van der Waals surface area (Å²) in [6, 6.07) is 0. The molecule has 3 N–H and O–H groups in total. The molecule has 0 bridgehead atoms. The van der Waals surface area contributed by atoms with Crippen LogP contribution in [-0.2, 0) is 4.74 Å². The molecule has 0 aliphatic heterocycles. The monoisotopic (exact) mass is 229 g/mol. The van der Waals surface area contributed by atoms with Gasteiger partial charge in [-0.15, -0.1) is 0 Å². The molecule has 0 spiro atoms. The minimum Gasteiger partial charge on any atom is -0.390 e. The number of ether oxygens (including phenoxy) is 1. The molecule has 0 aromatic carbocycles. The van der Waals surface area contributed by atoms with Crippen LogP contribution in [0.25, 0.3) is 0 Å². The van der Waals surface area contributed by atoms with Gasteiger partial charge in [0.15, 0.2) is 0 Å². The van der Waals surface area contributed by atoms with Crippen LogP contribution in [0.3, 0.4) is 0 Å². The molecule has 0 aromatic rings. The highest BCUT2D eigenvalue weighted by Crippen LogP contribution is 2.29. The molecule has 0 heterocycles. The zero-order chi connectivity index (χ0) is 12.0. The molecule has 1 fully saturated rings. The molecule has 1 rings (SSSR count). The Morgan fingerprint density at radius 1 is 1.25 bits per heavy atom. The summed E-state index contributed by atoms with van der Waals surface area (Å²) in [5, 5.41) is 9.55. The third-order valence-corrected chi connectivity index (χ3v) is 3.56. The average molecular weight is 229 g/mol. The summed E-state index contributed by atoms with van der Waals surface area (Å²) in [5.74, 6) is 1.29. The minimum atomic E-state index is -0.611. The van der Waals surface area contributed by atoms with Gasteiger partial charge in [-0.05, 0) is 51.5 Å². The normalized spacial score (nSPS) is 27.0. The molecule has 1 aliphatic rings. The summed E-state index contributed by atoms with van der Waals surface area (Å²) in [6.45, 7) is 5.90. The lowest BCUT2D eigenvalue weighted by Gasteiger charge is -2.30. The van der Waals surface area contributed by atoms with E-state index in [0.29, 0.717) is 24.9 Å². The van der Waals surface area contributed by atoms with Crippen molar-refractivity contribution in [1.82, 2.24) is 0 Å². The van der Waals surface area contributed by atoms with Crippen LogP contribution in [-0.4, -0.2) is 30.5 Å². The summed E-state index contributed by atoms with van der Waals surface area (Å²) in [6.07, 6.45) is 5.85. The van der Waals surface area contributed by atoms with Gasteiger partial charge in [-0.2, -0.15) is 0 Å². The Bertz CT molecular complexity index is 189. The first kappa shape index (κ1) is 13.9. The summed E-state index contributed by atoms with van der Waals surface area (Å²) in [5.41, 5.74) is 5.16. The smallest absolute Gasteiger partial charge is 0.0613 e. The first-order valence-electron chi connectivity index (χ1n) is 6.53. The quantitative estimate of drug-likeness (QED) is 0.684. The van der Waals surface area contributed by atoms with Crippen LogP contribution in [0.15, 0.2) is 0 Å². The maximum Gasteiger partial charge on any atom is 0.0613 e. The van der Waals surface area contributed by atoms with E-state index in [2.05, 4.69) is 0 Å². The van der Waals surface area contributed by atoms with Crippen molar-refractivity contribution in [3.63, 3.8) is 0 Å². The Morgan fingerprint density at radius 2 is 1.88 bits per heavy atom. The number of hydrogen-bond acceptors (Lipinski definition) is 3. The van der Waals surface area contributed by atoms with Gasteiger partial charge in [-0.25, -0.2) is 0 Å². The minimum absolute atomic E-state index is 0.611. The van der Waals surface area contributed by atoms with Gasteiger partial charge in [0.05, 0.1) is 5.60 Å². The fourth-order valence-electron chi connectivity index (χ4n) is 2.37. The molecular formula is C13H27NO2. The van der Waals surface area contributed by atoms with Crippen LogP contribution in [0.4, 0.5) is 0 Å². The molecule has 96 valence electrons. The number of aliphatic hydroxyl groups is 1. The lowest BCUT2D eigenvalue weighted by molar-refractivity contribution is 0.00827. The lowest BCUT2D eigenvalue weighted by atomic mass is 9.80. The highest BCUT2D eigenvalue weighted by molar-refractivity contribution is 4.76. The van der Waals surface area contributed by atoms with Gasteiger partial charge in [0, 0.05) is 13.2 Å². The van der Waals surface area contributed by atoms with E-state index in [1.165, 1.54) is 25.7 Å². The van der Waals surface area contributed by atoms with Gasteiger partial charge in [-0.3, -0.25) is 0 Å². The molecule has 0 amide bonds. The largest absolute Gasteiger partial charge is 0.390 e. The molecule has 1 aliphatic carbocycles. The number of nitrogens with two attached hydrogens (primary N) is 1. The molecule has 2 unspecified atom stereocenters. The molecule has 0 radical (unpaired) electrons. The van der Waals surface area contributed by atoms with E-state index < -0.39 is 5.60 Å². The van der Waals surface area contributed by atoms with E-state index in [1.54, 1.807) is 0 Å². The Morgan fingerprint density at radius 3 is 2.44 bits per heavy atom. The zero-order valence-corrected chi connectivity index (χ0v) is 10.7. The predicted octanol–water partition coefficient (Wildman–Crippen LogP) is 1.93. The number of rotatable bonds is 6. The Kier molecular flexibility index (Phi) is 5.73. The van der Waals surface area contributed by atoms with Gasteiger partial charge in [-0.1, -0.05) is 12.8 Å². The summed E-state index contributed by atoms with van der Waals surface area (Å²) >= 11 is 0. The first-order valence-corrected chi connectivity index (χ1v) is 6.53. The van der Waals surface area contributed by atoms with Gasteiger partial charge in [0.1, 0.15) is 0 Å². The highest BCUT2D eigenvalue weighted by atomic mass is 16.5. The third-order valence-electron chi connectivity index (χ3n) is 3.56. The van der Waals surface area contributed by atoms with E-state index in [9.17, 15) is 5.11 Å². The standard InChI is InChI=1S/C13H27NO2/c1-13(2,15)7-8-16-10-12-6-4-3-5-11(12)9-14/h11-12,15H,3-10,14H2,1-2H3. The third kappa shape index (κ3) is 5.28. The van der Waals surface area contributed by atoms with Crippen molar-refractivity contribution in [2.75, 3.05) is 19.8 Å². The molecule has 2 atom stereocenters. The average Bonchev–Trinajstić information content (AvgIpc) is 2.23. The lowest BCUT2D eigenvalue weighted by Crippen LogP contribution is -2.30. The fraction of sp³-hybridized carbons (Fsp3) is 1.00. The van der Waals surface area contributed by atoms with E-state index in [-0.39, 0.29) is 0 Å². The second-order valence-electron chi connectivity index (χ2n) is 5.68. The van der Waals surface area contributed by atoms with Crippen LogP contribution < -0.4 is 5.73 Å². The van der Waals surface area contributed by atoms with Crippen molar-refractivity contribution in [3.8, 4) is 0 Å². The van der Waals surface area contributed by atoms with E-state index >= 15 is 0 Å². The van der Waals surface area contributed by atoms with Crippen molar-refractivity contribution in [1.29, 1.82) is 0 Å². The van der Waals surface area contributed by atoms with Gasteiger partial charge in [0.2, 0.25) is 0 Å². The number of hydrogen-bond donors (Lipinski definition) is 2. The molecule has 16 heavy (non-hydrogen) atoms. The van der Waals surface area contributed by atoms with Crippen molar-refractivity contribution >= 4 is 0 Å². The van der Waals surface area contributed by atoms with Crippen molar-refractivity contribution < 1.29 is 9.84 Å². The van der Waals surface area contributed by atoms with Crippen LogP contribution >= 0.6 is 0 Å². The van der Waals surface area contributed by atoms with Crippen LogP contribution in [0.5, 0.6) is 0 Å². The predicted molar refractivity (Wildman–Crippen MR) is 66.2 cm³/mol.